The first-order valence-electron chi connectivity index (χ1n) is 4.90. The number of hydrogen-bond donors (Lipinski definition) is 0. The van der Waals surface area contributed by atoms with Crippen molar-refractivity contribution in [3.8, 4) is 12.1 Å². The minimum absolute atomic E-state index is 0.121. The maximum Gasteiger partial charge on any atom is 0.177 e. The van der Waals surface area contributed by atoms with Crippen LogP contribution in [0.4, 0.5) is 0 Å². The van der Waals surface area contributed by atoms with Gasteiger partial charge < -0.3 is 0 Å². The number of unbranched alkanes of at least 4 members (excludes halogenated alkanes) is 1. The minimum Gasteiger partial charge on any atom is -0.238 e. The predicted molar refractivity (Wildman–Crippen MR) is 54.8 cm³/mol. The minimum atomic E-state index is 0.121. The third-order valence-corrected chi connectivity index (χ3v) is 2.15. The summed E-state index contributed by atoms with van der Waals surface area (Å²) in [5.41, 5.74) is 1.83. The first kappa shape index (κ1) is 11.1. The van der Waals surface area contributed by atoms with Gasteiger partial charge in [-0.05, 0) is 19.8 Å². The molecule has 76 valence electrons. The SMILES string of the molecule is CCCCc1nc(C#N)c(C#N)nc1C. The van der Waals surface area contributed by atoms with Gasteiger partial charge in [-0.3, -0.25) is 0 Å². The van der Waals surface area contributed by atoms with Crippen LogP contribution >= 0.6 is 0 Å². The van der Waals surface area contributed by atoms with Crippen LogP contribution in [0.1, 0.15) is 42.5 Å². The van der Waals surface area contributed by atoms with Crippen molar-refractivity contribution in [2.45, 2.75) is 33.1 Å². The summed E-state index contributed by atoms with van der Waals surface area (Å²) in [4.78, 5) is 8.22. The highest BCUT2D eigenvalue weighted by Crippen LogP contribution is 2.10. The highest BCUT2D eigenvalue weighted by Gasteiger charge is 2.09. The molecule has 0 saturated carbocycles. The molecule has 0 bridgehead atoms. The summed E-state index contributed by atoms with van der Waals surface area (Å²) in [6.07, 6.45) is 2.91. The summed E-state index contributed by atoms with van der Waals surface area (Å²) in [6.45, 7) is 3.91. The predicted octanol–water partition coefficient (Wildman–Crippen LogP) is 1.87. The zero-order chi connectivity index (χ0) is 11.3. The molecule has 0 radical (unpaired) electrons. The van der Waals surface area contributed by atoms with E-state index in [-0.39, 0.29) is 11.4 Å². The van der Waals surface area contributed by atoms with Gasteiger partial charge in [0.1, 0.15) is 12.1 Å². The monoisotopic (exact) mass is 200 g/mol. The molecule has 0 spiro atoms. The molecule has 0 aromatic carbocycles. The number of aromatic nitrogens is 2. The van der Waals surface area contributed by atoms with E-state index in [9.17, 15) is 0 Å². The average molecular weight is 200 g/mol. The van der Waals surface area contributed by atoms with E-state index in [1.165, 1.54) is 0 Å². The van der Waals surface area contributed by atoms with Crippen LogP contribution in [0.3, 0.4) is 0 Å². The van der Waals surface area contributed by atoms with Crippen molar-refractivity contribution in [1.82, 2.24) is 9.97 Å². The van der Waals surface area contributed by atoms with Gasteiger partial charge in [0, 0.05) is 0 Å². The Morgan fingerprint density at radius 1 is 1.13 bits per heavy atom. The van der Waals surface area contributed by atoms with Crippen molar-refractivity contribution in [3.05, 3.63) is 22.8 Å². The van der Waals surface area contributed by atoms with Crippen molar-refractivity contribution in [3.63, 3.8) is 0 Å². The van der Waals surface area contributed by atoms with E-state index in [4.69, 9.17) is 10.5 Å². The van der Waals surface area contributed by atoms with Crippen LogP contribution in [0.5, 0.6) is 0 Å². The Balaban J connectivity index is 3.11. The standard InChI is InChI=1S/C11H12N4/c1-3-4-5-9-8(2)14-10(6-12)11(7-13)15-9/h3-5H2,1-2H3. The van der Waals surface area contributed by atoms with Gasteiger partial charge in [-0.2, -0.15) is 10.5 Å². The van der Waals surface area contributed by atoms with Gasteiger partial charge in [0.15, 0.2) is 11.4 Å². The molecule has 0 N–H and O–H groups in total. The number of nitrogens with zero attached hydrogens (tertiary/aromatic N) is 4. The fourth-order valence-electron chi connectivity index (χ4n) is 1.29. The molecule has 0 amide bonds. The van der Waals surface area contributed by atoms with Crippen LogP contribution in [0.2, 0.25) is 0 Å². The Bertz CT molecular complexity index is 437. The molecular formula is C11H12N4. The lowest BCUT2D eigenvalue weighted by Gasteiger charge is -2.04. The summed E-state index contributed by atoms with van der Waals surface area (Å²) >= 11 is 0. The van der Waals surface area contributed by atoms with Crippen molar-refractivity contribution in [1.29, 1.82) is 10.5 Å². The maximum atomic E-state index is 8.79. The summed E-state index contributed by atoms with van der Waals surface area (Å²) in [5, 5.41) is 17.5. The fraction of sp³-hybridized carbons (Fsp3) is 0.455. The molecule has 0 aliphatic rings. The van der Waals surface area contributed by atoms with Gasteiger partial charge in [-0.1, -0.05) is 13.3 Å². The molecule has 0 unspecified atom stereocenters. The Hall–Kier alpha value is -1.94. The summed E-state index contributed by atoms with van der Waals surface area (Å²) < 4.78 is 0. The second-order valence-electron chi connectivity index (χ2n) is 3.28. The van der Waals surface area contributed by atoms with Gasteiger partial charge in [0.2, 0.25) is 0 Å². The first-order valence-corrected chi connectivity index (χ1v) is 4.90. The molecular weight excluding hydrogens is 188 g/mol. The van der Waals surface area contributed by atoms with E-state index in [2.05, 4.69) is 16.9 Å². The molecule has 15 heavy (non-hydrogen) atoms. The largest absolute Gasteiger partial charge is 0.238 e. The topological polar surface area (TPSA) is 73.4 Å². The lowest BCUT2D eigenvalue weighted by molar-refractivity contribution is 0.761. The van der Waals surface area contributed by atoms with Crippen molar-refractivity contribution < 1.29 is 0 Å². The molecule has 1 heterocycles. The second-order valence-corrected chi connectivity index (χ2v) is 3.28. The smallest absolute Gasteiger partial charge is 0.177 e. The zero-order valence-electron chi connectivity index (χ0n) is 8.91. The Morgan fingerprint density at radius 2 is 1.73 bits per heavy atom. The number of nitriles is 2. The molecule has 0 fully saturated rings. The Morgan fingerprint density at radius 3 is 2.27 bits per heavy atom. The van der Waals surface area contributed by atoms with E-state index in [0.29, 0.717) is 0 Å². The van der Waals surface area contributed by atoms with Crippen molar-refractivity contribution in [2.24, 2.45) is 0 Å². The van der Waals surface area contributed by atoms with Crippen molar-refractivity contribution >= 4 is 0 Å². The van der Waals surface area contributed by atoms with E-state index in [1.54, 1.807) is 0 Å². The van der Waals surface area contributed by atoms with Crippen LogP contribution in [-0.4, -0.2) is 9.97 Å². The van der Waals surface area contributed by atoms with Crippen molar-refractivity contribution in [2.75, 3.05) is 0 Å². The molecule has 1 aromatic rings. The van der Waals surface area contributed by atoms with E-state index in [1.807, 2.05) is 19.1 Å². The molecule has 1 rings (SSSR count). The maximum absolute atomic E-state index is 8.79. The van der Waals surface area contributed by atoms with Crippen LogP contribution in [-0.2, 0) is 6.42 Å². The summed E-state index contributed by atoms with van der Waals surface area (Å²) in [7, 11) is 0. The van der Waals surface area contributed by atoms with Crippen LogP contribution in [0.25, 0.3) is 0 Å². The van der Waals surface area contributed by atoms with Gasteiger partial charge in [-0.25, -0.2) is 9.97 Å². The Labute approximate surface area is 89.2 Å². The number of hydrogen-bond acceptors (Lipinski definition) is 4. The van der Waals surface area contributed by atoms with E-state index >= 15 is 0 Å². The quantitative estimate of drug-likeness (QED) is 0.746. The van der Waals surface area contributed by atoms with Gasteiger partial charge in [0.25, 0.3) is 0 Å². The molecule has 0 saturated heterocycles. The van der Waals surface area contributed by atoms with Crippen LogP contribution in [0, 0.1) is 29.6 Å². The molecule has 4 nitrogen and oxygen atoms in total. The zero-order valence-corrected chi connectivity index (χ0v) is 8.91. The highest BCUT2D eigenvalue weighted by atomic mass is 14.8. The Kier molecular flexibility index (Phi) is 3.76. The third kappa shape index (κ3) is 2.51. The highest BCUT2D eigenvalue weighted by molar-refractivity contribution is 5.37. The van der Waals surface area contributed by atoms with E-state index in [0.717, 1.165) is 30.7 Å². The van der Waals surface area contributed by atoms with Gasteiger partial charge in [0.05, 0.1) is 11.4 Å². The number of rotatable bonds is 3. The first-order chi connectivity index (χ1) is 7.22. The summed E-state index contributed by atoms with van der Waals surface area (Å²) in [6, 6.07) is 3.77. The molecule has 1 aromatic heterocycles. The summed E-state index contributed by atoms with van der Waals surface area (Å²) in [5.74, 6) is 0. The normalized spacial score (nSPS) is 9.33. The molecule has 0 aliphatic heterocycles. The van der Waals surface area contributed by atoms with E-state index < -0.39 is 0 Å². The average Bonchev–Trinajstić information content (AvgIpc) is 2.27. The second kappa shape index (κ2) is 5.07. The lowest BCUT2D eigenvalue weighted by atomic mass is 10.1. The van der Waals surface area contributed by atoms with Crippen LogP contribution < -0.4 is 0 Å². The molecule has 4 heteroatoms. The third-order valence-electron chi connectivity index (χ3n) is 2.15. The lowest BCUT2D eigenvalue weighted by Crippen LogP contribution is -2.03. The molecule has 0 aliphatic carbocycles. The number of aryl methyl sites for hydroxylation is 2. The van der Waals surface area contributed by atoms with Gasteiger partial charge >= 0.3 is 0 Å². The fourth-order valence-corrected chi connectivity index (χ4v) is 1.29. The van der Waals surface area contributed by atoms with Crippen LogP contribution in [0.15, 0.2) is 0 Å². The molecule has 0 atom stereocenters. The van der Waals surface area contributed by atoms with Gasteiger partial charge in [-0.15, -0.1) is 0 Å².